The van der Waals surface area contributed by atoms with Crippen molar-refractivity contribution in [1.82, 2.24) is 14.9 Å². The van der Waals surface area contributed by atoms with Crippen LogP contribution in [0.3, 0.4) is 0 Å². The summed E-state index contributed by atoms with van der Waals surface area (Å²) in [7, 11) is 0. The van der Waals surface area contributed by atoms with Crippen molar-refractivity contribution in [2.75, 3.05) is 16.9 Å². The summed E-state index contributed by atoms with van der Waals surface area (Å²) in [5.74, 6) is 3.05. The third-order valence-corrected chi connectivity index (χ3v) is 3.75. The minimum absolute atomic E-state index is 0.156. The number of nitrogen functional groups attached to an aromatic ring is 1. The van der Waals surface area contributed by atoms with Crippen molar-refractivity contribution in [1.29, 1.82) is 0 Å². The molecular weight excluding hydrogens is 347 g/mol. The Morgan fingerprint density at radius 1 is 1.33 bits per heavy atom. The van der Waals surface area contributed by atoms with Gasteiger partial charge in [-0.05, 0) is 19.1 Å². The van der Waals surface area contributed by atoms with Gasteiger partial charge in [0.25, 0.3) is 5.82 Å². The number of nitrogens with zero attached hydrogens (tertiary/aromatic N) is 3. The third-order valence-electron chi connectivity index (χ3n) is 2.80. The number of hydrogen-bond donors (Lipinski definition) is 2. The lowest BCUT2D eigenvalue weighted by Gasteiger charge is -2.07. The fraction of sp³-hybridized carbons (Fsp3) is 0.231. The lowest BCUT2D eigenvalue weighted by atomic mass is 10.1. The van der Waals surface area contributed by atoms with Crippen molar-refractivity contribution in [3.8, 4) is 0 Å². The average Bonchev–Trinajstić information content (AvgIpc) is 2.86. The van der Waals surface area contributed by atoms with Gasteiger partial charge in [-0.25, -0.2) is 4.68 Å². The smallest absolute Gasteiger partial charge is 0.335 e. The van der Waals surface area contributed by atoms with Crippen LogP contribution in [-0.2, 0) is 11.0 Å². The number of carbonyl (C=O) groups excluding carboxylic acids is 2. The second-order valence-corrected chi connectivity index (χ2v) is 5.59. The molecule has 24 heavy (non-hydrogen) atoms. The van der Waals surface area contributed by atoms with Gasteiger partial charge in [0, 0.05) is 11.3 Å². The normalized spacial score (nSPS) is 11.3. The Kier molecular flexibility index (Phi) is 5.12. The summed E-state index contributed by atoms with van der Waals surface area (Å²) in [5, 5.41) is 8.55. The van der Waals surface area contributed by atoms with Crippen LogP contribution in [0.1, 0.15) is 23.1 Å². The molecule has 7 nitrogen and oxygen atoms in total. The van der Waals surface area contributed by atoms with Crippen LogP contribution >= 0.6 is 11.8 Å². The number of hydrogen-bond acceptors (Lipinski definition) is 6. The maximum absolute atomic E-state index is 12.5. The predicted octanol–water partition coefficient (Wildman–Crippen LogP) is 1.94. The first-order valence-corrected chi connectivity index (χ1v) is 7.48. The van der Waals surface area contributed by atoms with Gasteiger partial charge in [-0.15, -0.1) is 10.2 Å². The monoisotopic (exact) mass is 359 g/mol. The molecular formula is C13H12F3N5O2S. The molecule has 11 heteroatoms. The summed E-state index contributed by atoms with van der Waals surface area (Å²) in [4.78, 5) is 23.1. The number of thioether (sulfide) groups is 1. The molecule has 0 unspecified atom stereocenters. The maximum atomic E-state index is 12.5. The first-order valence-electron chi connectivity index (χ1n) is 6.50. The molecule has 0 atom stereocenters. The van der Waals surface area contributed by atoms with E-state index in [4.69, 9.17) is 5.84 Å². The predicted molar refractivity (Wildman–Crippen MR) is 81.0 cm³/mol. The number of anilines is 1. The molecule has 3 N–H and O–H groups in total. The highest BCUT2D eigenvalue weighted by Gasteiger charge is 2.38. The molecule has 1 aromatic carbocycles. The zero-order chi connectivity index (χ0) is 17.9. The molecule has 0 saturated carbocycles. The van der Waals surface area contributed by atoms with Gasteiger partial charge < -0.3 is 11.2 Å². The Bertz CT molecular complexity index is 775. The van der Waals surface area contributed by atoms with Gasteiger partial charge in [-0.1, -0.05) is 23.9 Å². The summed E-state index contributed by atoms with van der Waals surface area (Å²) in [5.41, 5.74) is 0.829. The standard InChI is InChI=1S/C13H12F3N5O2S/c1-7(22)8-3-2-4-9(5-8)18-10(23)6-24-12-20-19-11(21(12)17)13(14,15)16/h2-5H,6,17H2,1H3,(H,18,23). The fourth-order valence-electron chi connectivity index (χ4n) is 1.71. The number of alkyl halides is 3. The van der Waals surface area contributed by atoms with Gasteiger partial charge in [0.2, 0.25) is 11.1 Å². The van der Waals surface area contributed by atoms with Crippen LogP contribution in [0, 0.1) is 0 Å². The van der Waals surface area contributed by atoms with E-state index in [0.717, 1.165) is 0 Å². The van der Waals surface area contributed by atoms with Crippen molar-refractivity contribution in [3.05, 3.63) is 35.7 Å². The van der Waals surface area contributed by atoms with E-state index in [0.29, 0.717) is 23.0 Å². The lowest BCUT2D eigenvalue weighted by Crippen LogP contribution is -2.22. The van der Waals surface area contributed by atoms with E-state index in [1.807, 2.05) is 0 Å². The van der Waals surface area contributed by atoms with E-state index in [-0.39, 0.29) is 21.4 Å². The number of nitrogens with one attached hydrogen (secondary N) is 1. The molecule has 0 saturated heterocycles. The van der Waals surface area contributed by atoms with Crippen molar-refractivity contribution in [3.63, 3.8) is 0 Å². The first-order chi connectivity index (χ1) is 11.2. The van der Waals surface area contributed by atoms with Crippen molar-refractivity contribution >= 4 is 29.1 Å². The number of aromatic nitrogens is 3. The zero-order valence-electron chi connectivity index (χ0n) is 12.3. The second kappa shape index (κ2) is 6.91. The average molecular weight is 359 g/mol. The molecule has 2 rings (SSSR count). The number of rotatable bonds is 5. The van der Waals surface area contributed by atoms with Crippen LogP contribution in [0.2, 0.25) is 0 Å². The van der Waals surface area contributed by atoms with Gasteiger partial charge in [-0.3, -0.25) is 9.59 Å². The minimum atomic E-state index is -4.73. The Morgan fingerprint density at radius 3 is 2.62 bits per heavy atom. The highest BCUT2D eigenvalue weighted by atomic mass is 32.2. The number of ketones is 1. The first kappa shape index (κ1) is 17.8. The van der Waals surface area contributed by atoms with Gasteiger partial charge in [0.05, 0.1) is 5.75 Å². The quantitative estimate of drug-likeness (QED) is 0.480. The van der Waals surface area contributed by atoms with Crippen LogP contribution < -0.4 is 11.2 Å². The third kappa shape index (κ3) is 4.25. The molecule has 0 aliphatic carbocycles. The van der Waals surface area contributed by atoms with Gasteiger partial charge >= 0.3 is 6.18 Å². The lowest BCUT2D eigenvalue weighted by molar-refractivity contribution is -0.146. The van der Waals surface area contributed by atoms with Crippen LogP contribution in [0.15, 0.2) is 29.4 Å². The van der Waals surface area contributed by atoms with Crippen LogP contribution in [-0.4, -0.2) is 32.3 Å². The Morgan fingerprint density at radius 2 is 2.04 bits per heavy atom. The largest absolute Gasteiger partial charge is 0.453 e. The van der Waals surface area contributed by atoms with Gasteiger partial charge in [0.1, 0.15) is 0 Å². The molecule has 0 radical (unpaired) electrons. The molecule has 0 spiro atoms. The highest BCUT2D eigenvalue weighted by molar-refractivity contribution is 7.99. The molecule has 128 valence electrons. The molecule has 0 aliphatic heterocycles. The second-order valence-electron chi connectivity index (χ2n) is 4.65. The summed E-state index contributed by atoms with van der Waals surface area (Å²) < 4.78 is 37.9. The van der Waals surface area contributed by atoms with Crippen molar-refractivity contribution < 1.29 is 22.8 Å². The zero-order valence-corrected chi connectivity index (χ0v) is 13.1. The van der Waals surface area contributed by atoms with Crippen LogP contribution in [0.25, 0.3) is 0 Å². The number of carbonyl (C=O) groups is 2. The molecule has 1 amide bonds. The Hall–Kier alpha value is -2.56. The van der Waals surface area contributed by atoms with Crippen molar-refractivity contribution in [2.24, 2.45) is 0 Å². The molecule has 2 aromatic rings. The topological polar surface area (TPSA) is 103 Å². The summed E-state index contributed by atoms with van der Waals surface area (Å²) >= 11 is 0.707. The number of benzene rings is 1. The molecule has 1 heterocycles. The van der Waals surface area contributed by atoms with E-state index in [1.165, 1.54) is 13.0 Å². The molecule has 0 aliphatic rings. The summed E-state index contributed by atoms with van der Waals surface area (Å²) in [6.45, 7) is 1.39. The van der Waals surface area contributed by atoms with Gasteiger partial charge in [-0.2, -0.15) is 13.2 Å². The van der Waals surface area contributed by atoms with E-state index in [1.54, 1.807) is 18.2 Å². The van der Waals surface area contributed by atoms with E-state index < -0.39 is 17.9 Å². The molecule has 0 fully saturated rings. The van der Waals surface area contributed by atoms with E-state index >= 15 is 0 Å². The number of Topliss-reactive ketones (excluding diaryl/α,β-unsaturated/α-hetero) is 1. The van der Waals surface area contributed by atoms with Crippen molar-refractivity contribution in [2.45, 2.75) is 18.3 Å². The maximum Gasteiger partial charge on any atom is 0.453 e. The Balaban J connectivity index is 1.98. The number of halogens is 3. The fourth-order valence-corrected chi connectivity index (χ4v) is 2.37. The summed E-state index contributed by atoms with van der Waals surface area (Å²) in [6, 6.07) is 6.29. The molecule has 1 aromatic heterocycles. The van der Waals surface area contributed by atoms with Crippen LogP contribution in [0.5, 0.6) is 0 Å². The summed E-state index contributed by atoms with van der Waals surface area (Å²) in [6.07, 6.45) is -4.73. The van der Waals surface area contributed by atoms with E-state index in [2.05, 4.69) is 15.5 Å². The van der Waals surface area contributed by atoms with E-state index in [9.17, 15) is 22.8 Å². The Labute approximate surface area is 138 Å². The number of nitrogens with two attached hydrogens (primary N) is 1. The van der Waals surface area contributed by atoms with Gasteiger partial charge in [0.15, 0.2) is 5.78 Å². The SMILES string of the molecule is CC(=O)c1cccc(NC(=O)CSc2nnc(C(F)(F)F)n2N)c1. The van der Waals surface area contributed by atoms with Crippen LogP contribution in [0.4, 0.5) is 18.9 Å². The molecule has 0 bridgehead atoms. The highest BCUT2D eigenvalue weighted by Crippen LogP contribution is 2.28. The minimum Gasteiger partial charge on any atom is -0.335 e. The number of amides is 1.